The Morgan fingerprint density at radius 2 is 2.17 bits per heavy atom. The monoisotopic (exact) mass is 174 g/mol. The Balaban J connectivity index is 2.38. The van der Waals surface area contributed by atoms with E-state index in [2.05, 4.69) is 11.4 Å². The number of fused-ring (bicyclic) bond motifs is 1. The standard InChI is InChI=1S/C9H6N2S/c10-5-7-6-12-9-4-2-1-3-8(9)11-7/h1-4,6,11H. The van der Waals surface area contributed by atoms with Crippen LogP contribution in [0.25, 0.3) is 0 Å². The zero-order chi connectivity index (χ0) is 8.39. The smallest absolute Gasteiger partial charge is 0.124 e. The first kappa shape index (κ1) is 7.26. The van der Waals surface area contributed by atoms with Gasteiger partial charge in [0.1, 0.15) is 11.8 Å². The second kappa shape index (κ2) is 2.92. The topological polar surface area (TPSA) is 35.8 Å². The van der Waals surface area contributed by atoms with Crippen LogP contribution in [0.15, 0.2) is 40.3 Å². The Kier molecular flexibility index (Phi) is 1.77. The minimum absolute atomic E-state index is 0.610. The quantitative estimate of drug-likeness (QED) is 0.656. The molecule has 0 bridgehead atoms. The number of nitrogens with zero attached hydrogens (tertiary/aromatic N) is 1. The molecule has 0 unspecified atom stereocenters. The molecule has 0 aromatic heterocycles. The van der Waals surface area contributed by atoms with Gasteiger partial charge >= 0.3 is 0 Å². The maximum absolute atomic E-state index is 8.62. The lowest BCUT2D eigenvalue weighted by Crippen LogP contribution is -2.00. The van der Waals surface area contributed by atoms with Crippen LogP contribution in [0.4, 0.5) is 5.69 Å². The van der Waals surface area contributed by atoms with Crippen LogP contribution in [-0.4, -0.2) is 0 Å². The lowest BCUT2D eigenvalue weighted by atomic mass is 10.3. The number of anilines is 1. The van der Waals surface area contributed by atoms with E-state index in [1.165, 1.54) is 0 Å². The van der Waals surface area contributed by atoms with Crippen molar-refractivity contribution >= 4 is 17.4 Å². The lowest BCUT2D eigenvalue weighted by molar-refractivity contribution is 1.35. The summed E-state index contributed by atoms with van der Waals surface area (Å²) in [6, 6.07) is 10.0. The van der Waals surface area contributed by atoms with Crippen molar-refractivity contribution in [2.45, 2.75) is 4.90 Å². The molecule has 1 aliphatic rings. The molecule has 3 heteroatoms. The highest BCUT2D eigenvalue weighted by Crippen LogP contribution is 2.33. The molecule has 0 aliphatic carbocycles. The molecule has 12 heavy (non-hydrogen) atoms. The zero-order valence-electron chi connectivity index (χ0n) is 6.24. The first-order valence-electron chi connectivity index (χ1n) is 3.53. The van der Waals surface area contributed by atoms with Crippen LogP contribution in [0, 0.1) is 11.3 Å². The van der Waals surface area contributed by atoms with Gasteiger partial charge in [-0.3, -0.25) is 0 Å². The predicted octanol–water partition coefficient (Wildman–Crippen LogP) is 2.57. The van der Waals surface area contributed by atoms with Crippen LogP contribution in [0.2, 0.25) is 0 Å². The molecule has 1 aliphatic heterocycles. The van der Waals surface area contributed by atoms with Crippen LogP contribution in [0.3, 0.4) is 0 Å². The van der Waals surface area contributed by atoms with Gasteiger partial charge in [-0.25, -0.2) is 0 Å². The number of nitrogens with one attached hydrogen (secondary N) is 1. The van der Waals surface area contributed by atoms with E-state index in [0.717, 1.165) is 10.6 Å². The minimum Gasteiger partial charge on any atom is -0.345 e. The summed E-state index contributed by atoms with van der Waals surface area (Å²) in [6.07, 6.45) is 0. The Hall–Kier alpha value is -1.40. The molecule has 1 aromatic carbocycles. The van der Waals surface area contributed by atoms with Gasteiger partial charge < -0.3 is 5.32 Å². The summed E-state index contributed by atoms with van der Waals surface area (Å²) < 4.78 is 0. The Bertz CT molecular complexity index is 376. The molecule has 0 saturated carbocycles. The summed E-state index contributed by atoms with van der Waals surface area (Å²) in [7, 11) is 0. The fourth-order valence-electron chi connectivity index (χ4n) is 1.02. The van der Waals surface area contributed by atoms with E-state index >= 15 is 0 Å². The van der Waals surface area contributed by atoms with E-state index in [9.17, 15) is 0 Å². The molecule has 0 radical (unpaired) electrons. The SMILES string of the molecule is N#CC1=CSc2ccccc2N1. The van der Waals surface area contributed by atoms with Crippen molar-refractivity contribution < 1.29 is 0 Å². The van der Waals surface area contributed by atoms with Gasteiger partial charge in [-0.2, -0.15) is 5.26 Å². The van der Waals surface area contributed by atoms with Gasteiger partial charge in [0.2, 0.25) is 0 Å². The third-order valence-corrected chi connectivity index (χ3v) is 2.54. The van der Waals surface area contributed by atoms with Gasteiger partial charge in [-0.05, 0) is 12.1 Å². The van der Waals surface area contributed by atoms with E-state index < -0.39 is 0 Å². The molecule has 0 atom stereocenters. The van der Waals surface area contributed by atoms with Gasteiger partial charge in [-0.1, -0.05) is 23.9 Å². The van der Waals surface area contributed by atoms with E-state index in [1.54, 1.807) is 11.8 Å². The fourth-order valence-corrected chi connectivity index (χ4v) is 1.78. The summed E-state index contributed by atoms with van der Waals surface area (Å²) in [5.74, 6) is 0. The summed E-state index contributed by atoms with van der Waals surface area (Å²) in [4.78, 5) is 1.16. The number of hydrogen-bond donors (Lipinski definition) is 1. The van der Waals surface area contributed by atoms with Crippen LogP contribution >= 0.6 is 11.8 Å². The van der Waals surface area contributed by atoms with Crippen molar-refractivity contribution in [2.24, 2.45) is 0 Å². The average molecular weight is 174 g/mol. The van der Waals surface area contributed by atoms with Gasteiger partial charge in [-0.15, -0.1) is 0 Å². The van der Waals surface area contributed by atoms with Gasteiger partial charge in [0.25, 0.3) is 0 Å². The second-order valence-electron chi connectivity index (χ2n) is 2.38. The number of hydrogen-bond acceptors (Lipinski definition) is 3. The van der Waals surface area contributed by atoms with Crippen LogP contribution < -0.4 is 5.32 Å². The first-order valence-corrected chi connectivity index (χ1v) is 4.41. The number of benzene rings is 1. The molecule has 1 heterocycles. The maximum Gasteiger partial charge on any atom is 0.124 e. The molecule has 2 nitrogen and oxygen atoms in total. The highest BCUT2D eigenvalue weighted by atomic mass is 32.2. The van der Waals surface area contributed by atoms with Crippen molar-refractivity contribution in [3.63, 3.8) is 0 Å². The van der Waals surface area contributed by atoms with Crippen molar-refractivity contribution in [1.29, 1.82) is 5.26 Å². The maximum atomic E-state index is 8.62. The Morgan fingerprint density at radius 3 is 3.00 bits per heavy atom. The second-order valence-corrected chi connectivity index (χ2v) is 3.29. The highest BCUT2D eigenvalue weighted by molar-refractivity contribution is 8.02. The number of allylic oxidation sites excluding steroid dienone is 1. The number of para-hydroxylation sites is 1. The lowest BCUT2D eigenvalue weighted by Gasteiger charge is -2.13. The van der Waals surface area contributed by atoms with Crippen LogP contribution in [0.1, 0.15) is 0 Å². The largest absolute Gasteiger partial charge is 0.345 e. The summed E-state index contributed by atoms with van der Waals surface area (Å²) in [6.45, 7) is 0. The molecule has 0 fully saturated rings. The molecule has 2 rings (SSSR count). The van der Waals surface area contributed by atoms with Crippen molar-refractivity contribution in [3.8, 4) is 6.07 Å². The number of thioether (sulfide) groups is 1. The minimum atomic E-state index is 0.610. The third-order valence-electron chi connectivity index (χ3n) is 1.58. The van der Waals surface area contributed by atoms with Crippen LogP contribution in [0.5, 0.6) is 0 Å². The average Bonchev–Trinajstić information content (AvgIpc) is 2.17. The molecule has 0 saturated heterocycles. The predicted molar refractivity (Wildman–Crippen MR) is 49.6 cm³/mol. The summed E-state index contributed by atoms with van der Waals surface area (Å²) in [5, 5.41) is 13.5. The fraction of sp³-hybridized carbons (Fsp3) is 0. The Labute approximate surface area is 74.9 Å². The van der Waals surface area contributed by atoms with Crippen molar-refractivity contribution in [2.75, 3.05) is 5.32 Å². The van der Waals surface area contributed by atoms with E-state index in [1.807, 2.05) is 29.7 Å². The summed E-state index contributed by atoms with van der Waals surface area (Å²) in [5.41, 5.74) is 1.63. The van der Waals surface area contributed by atoms with Gasteiger partial charge in [0, 0.05) is 10.3 Å². The van der Waals surface area contributed by atoms with Gasteiger partial charge in [0.05, 0.1) is 5.69 Å². The molecule has 0 amide bonds. The molecule has 0 spiro atoms. The zero-order valence-corrected chi connectivity index (χ0v) is 7.06. The molecular weight excluding hydrogens is 168 g/mol. The number of nitriles is 1. The third kappa shape index (κ3) is 1.17. The molecule has 1 aromatic rings. The molecular formula is C9H6N2S. The first-order chi connectivity index (χ1) is 5.90. The normalized spacial score (nSPS) is 13.8. The van der Waals surface area contributed by atoms with Gasteiger partial charge in [0.15, 0.2) is 0 Å². The number of rotatable bonds is 0. The van der Waals surface area contributed by atoms with Crippen molar-refractivity contribution in [3.05, 3.63) is 35.4 Å². The van der Waals surface area contributed by atoms with Crippen molar-refractivity contribution in [1.82, 2.24) is 0 Å². The van der Waals surface area contributed by atoms with E-state index in [0.29, 0.717) is 5.70 Å². The molecule has 58 valence electrons. The van der Waals surface area contributed by atoms with E-state index in [4.69, 9.17) is 5.26 Å². The molecule has 1 N–H and O–H groups in total. The summed E-state index contributed by atoms with van der Waals surface area (Å²) >= 11 is 1.57. The highest BCUT2D eigenvalue weighted by Gasteiger charge is 2.08. The van der Waals surface area contributed by atoms with E-state index in [-0.39, 0.29) is 0 Å². The Morgan fingerprint density at radius 1 is 1.33 bits per heavy atom. The van der Waals surface area contributed by atoms with Crippen LogP contribution in [-0.2, 0) is 0 Å².